The van der Waals surface area contributed by atoms with E-state index in [9.17, 15) is 10.1 Å². The van der Waals surface area contributed by atoms with Crippen LogP contribution in [0.5, 0.6) is 0 Å². The maximum absolute atomic E-state index is 12.1. The topological polar surface area (TPSA) is 56.1 Å². The van der Waals surface area contributed by atoms with Crippen molar-refractivity contribution in [1.29, 1.82) is 5.26 Å². The summed E-state index contributed by atoms with van der Waals surface area (Å²) in [6.45, 7) is 1.97. The minimum absolute atomic E-state index is 0.114. The molecule has 1 aliphatic heterocycles. The van der Waals surface area contributed by atoms with E-state index in [-0.39, 0.29) is 12.5 Å². The van der Waals surface area contributed by atoms with Crippen LogP contribution in [0.2, 0.25) is 0 Å². The Morgan fingerprint density at radius 1 is 1.40 bits per heavy atom. The van der Waals surface area contributed by atoms with E-state index in [1.807, 2.05) is 29.4 Å². The van der Waals surface area contributed by atoms with Crippen molar-refractivity contribution < 1.29 is 4.79 Å². The van der Waals surface area contributed by atoms with Gasteiger partial charge in [0.05, 0.1) is 17.8 Å². The van der Waals surface area contributed by atoms with Gasteiger partial charge < -0.3 is 10.2 Å². The molecular formula is C15H19N3OS. The first-order valence-corrected chi connectivity index (χ1v) is 8.07. The van der Waals surface area contributed by atoms with E-state index in [0.29, 0.717) is 5.56 Å². The van der Waals surface area contributed by atoms with Gasteiger partial charge in [-0.05, 0) is 37.7 Å². The number of nitrogens with zero attached hydrogens (tertiary/aromatic N) is 2. The molecular weight excluding hydrogens is 270 g/mol. The van der Waals surface area contributed by atoms with Crippen LogP contribution in [0.4, 0.5) is 5.69 Å². The average Bonchev–Trinajstić information content (AvgIpc) is 2.52. The summed E-state index contributed by atoms with van der Waals surface area (Å²) >= 11 is 1.54. The molecule has 1 aromatic carbocycles. The quantitative estimate of drug-likeness (QED) is 0.866. The van der Waals surface area contributed by atoms with Crippen LogP contribution in [0.25, 0.3) is 0 Å². The molecule has 0 aromatic heterocycles. The van der Waals surface area contributed by atoms with Crippen molar-refractivity contribution in [1.82, 2.24) is 4.90 Å². The van der Waals surface area contributed by atoms with Gasteiger partial charge >= 0.3 is 0 Å². The molecule has 0 radical (unpaired) electrons. The molecule has 4 nitrogen and oxygen atoms in total. The smallest absolute Gasteiger partial charge is 0.241 e. The molecule has 1 aromatic rings. The number of piperidine rings is 1. The van der Waals surface area contributed by atoms with Crippen LogP contribution in [-0.2, 0) is 4.79 Å². The van der Waals surface area contributed by atoms with Gasteiger partial charge in [0, 0.05) is 18.0 Å². The summed E-state index contributed by atoms with van der Waals surface area (Å²) < 4.78 is 0. The van der Waals surface area contributed by atoms with Crippen LogP contribution in [0.3, 0.4) is 0 Å². The number of thioether (sulfide) groups is 1. The fourth-order valence-corrected chi connectivity index (χ4v) is 2.96. The summed E-state index contributed by atoms with van der Waals surface area (Å²) in [5.41, 5.74) is 1.36. The van der Waals surface area contributed by atoms with Crippen LogP contribution in [0.1, 0.15) is 24.8 Å². The maximum atomic E-state index is 12.1. The van der Waals surface area contributed by atoms with Crippen molar-refractivity contribution in [2.45, 2.75) is 24.2 Å². The number of nitrogens with one attached hydrogen (secondary N) is 1. The van der Waals surface area contributed by atoms with Crippen LogP contribution in [0.15, 0.2) is 23.1 Å². The van der Waals surface area contributed by atoms with Gasteiger partial charge in [-0.25, -0.2) is 0 Å². The first kappa shape index (κ1) is 14.7. The van der Waals surface area contributed by atoms with Crippen molar-refractivity contribution >= 4 is 23.4 Å². The molecule has 1 fully saturated rings. The monoisotopic (exact) mass is 289 g/mol. The van der Waals surface area contributed by atoms with Gasteiger partial charge in [0.15, 0.2) is 0 Å². The number of rotatable bonds is 4. The molecule has 0 bridgehead atoms. The molecule has 106 valence electrons. The molecule has 0 spiro atoms. The second-order valence-corrected chi connectivity index (χ2v) is 5.64. The molecule has 0 unspecified atom stereocenters. The Labute approximate surface area is 124 Å². The van der Waals surface area contributed by atoms with Crippen LogP contribution in [-0.4, -0.2) is 36.7 Å². The number of anilines is 1. The highest BCUT2D eigenvalue weighted by Crippen LogP contribution is 2.26. The van der Waals surface area contributed by atoms with Crippen molar-refractivity contribution in [3.05, 3.63) is 23.8 Å². The molecule has 1 N–H and O–H groups in total. The van der Waals surface area contributed by atoms with Gasteiger partial charge in [-0.3, -0.25) is 4.79 Å². The number of hydrogen-bond donors (Lipinski definition) is 1. The zero-order chi connectivity index (χ0) is 14.4. The Morgan fingerprint density at radius 3 is 2.80 bits per heavy atom. The Morgan fingerprint density at radius 2 is 2.15 bits per heavy atom. The van der Waals surface area contributed by atoms with Gasteiger partial charge in [0.25, 0.3) is 0 Å². The van der Waals surface area contributed by atoms with E-state index < -0.39 is 0 Å². The highest BCUT2D eigenvalue weighted by Gasteiger charge is 2.16. The van der Waals surface area contributed by atoms with E-state index in [1.165, 1.54) is 18.2 Å². The standard InChI is InChI=1S/C15H19N3OS/c1-20-14-7-5-6-13(12(14)10-16)17-11-15(19)18-8-3-2-4-9-18/h5-7,17H,2-4,8-9,11H2,1H3. The van der Waals surface area contributed by atoms with E-state index in [0.717, 1.165) is 36.5 Å². The van der Waals surface area contributed by atoms with Crippen molar-refractivity contribution in [3.8, 4) is 6.07 Å². The Bertz CT molecular complexity index is 518. The zero-order valence-electron chi connectivity index (χ0n) is 11.7. The number of likely N-dealkylation sites (tertiary alicyclic amines) is 1. The molecule has 1 amide bonds. The molecule has 1 aliphatic rings. The SMILES string of the molecule is CSc1cccc(NCC(=O)N2CCCCC2)c1C#N. The fourth-order valence-electron chi connectivity index (χ4n) is 2.39. The van der Waals surface area contributed by atoms with E-state index in [1.54, 1.807) is 0 Å². The molecule has 0 aliphatic carbocycles. The summed E-state index contributed by atoms with van der Waals surface area (Å²) in [4.78, 5) is 14.9. The van der Waals surface area contributed by atoms with Gasteiger partial charge in [-0.1, -0.05) is 6.07 Å². The van der Waals surface area contributed by atoms with Gasteiger partial charge in [0.1, 0.15) is 6.07 Å². The molecule has 1 heterocycles. The number of carbonyl (C=O) groups excluding carboxylic acids is 1. The van der Waals surface area contributed by atoms with Crippen molar-refractivity contribution in [2.75, 3.05) is 31.2 Å². The van der Waals surface area contributed by atoms with Gasteiger partial charge in [-0.2, -0.15) is 5.26 Å². The second kappa shape index (κ2) is 7.20. The second-order valence-electron chi connectivity index (χ2n) is 4.79. The molecule has 5 heteroatoms. The largest absolute Gasteiger partial charge is 0.375 e. The third kappa shape index (κ3) is 3.45. The van der Waals surface area contributed by atoms with Gasteiger partial charge in [0.2, 0.25) is 5.91 Å². The lowest BCUT2D eigenvalue weighted by Crippen LogP contribution is -2.39. The van der Waals surface area contributed by atoms with E-state index in [4.69, 9.17) is 0 Å². The van der Waals surface area contributed by atoms with E-state index in [2.05, 4.69) is 11.4 Å². The summed E-state index contributed by atoms with van der Waals surface area (Å²) in [7, 11) is 0. The lowest BCUT2D eigenvalue weighted by molar-refractivity contribution is -0.130. The predicted octanol–water partition coefficient (Wildman–Crippen LogP) is 2.70. The number of nitriles is 1. The number of benzene rings is 1. The maximum Gasteiger partial charge on any atom is 0.241 e. The Hall–Kier alpha value is -1.67. The summed E-state index contributed by atoms with van der Waals surface area (Å²) in [5.74, 6) is 0.114. The lowest BCUT2D eigenvalue weighted by Gasteiger charge is -2.27. The van der Waals surface area contributed by atoms with Crippen LogP contribution < -0.4 is 5.32 Å². The average molecular weight is 289 g/mol. The van der Waals surface area contributed by atoms with Crippen LogP contribution >= 0.6 is 11.8 Å². The summed E-state index contributed by atoms with van der Waals surface area (Å²) in [5, 5.41) is 12.4. The molecule has 20 heavy (non-hydrogen) atoms. The Kier molecular flexibility index (Phi) is 5.31. The number of carbonyl (C=O) groups is 1. The highest BCUT2D eigenvalue weighted by atomic mass is 32.2. The first-order chi connectivity index (χ1) is 9.76. The molecule has 0 atom stereocenters. The zero-order valence-corrected chi connectivity index (χ0v) is 12.5. The Balaban J connectivity index is 2.00. The number of amides is 1. The highest BCUT2D eigenvalue weighted by molar-refractivity contribution is 7.98. The minimum Gasteiger partial charge on any atom is -0.375 e. The lowest BCUT2D eigenvalue weighted by atomic mass is 10.1. The van der Waals surface area contributed by atoms with Gasteiger partial charge in [-0.15, -0.1) is 11.8 Å². The fraction of sp³-hybridized carbons (Fsp3) is 0.467. The van der Waals surface area contributed by atoms with E-state index >= 15 is 0 Å². The first-order valence-electron chi connectivity index (χ1n) is 6.85. The third-order valence-electron chi connectivity index (χ3n) is 3.50. The third-order valence-corrected chi connectivity index (χ3v) is 4.28. The minimum atomic E-state index is 0.114. The summed E-state index contributed by atoms with van der Waals surface area (Å²) in [6, 6.07) is 7.88. The van der Waals surface area contributed by atoms with Crippen molar-refractivity contribution in [3.63, 3.8) is 0 Å². The molecule has 2 rings (SSSR count). The molecule has 0 saturated carbocycles. The number of hydrogen-bond acceptors (Lipinski definition) is 4. The molecule has 1 saturated heterocycles. The normalized spacial score (nSPS) is 14.7. The summed E-state index contributed by atoms with van der Waals surface area (Å²) in [6.07, 6.45) is 5.35. The van der Waals surface area contributed by atoms with Crippen molar-refractivity contribution in [2.24, 2.45) is 0 Å². The van der Waals surface area contributed by atoms with Crippen LogP contribution in [0, 0.1) is 11.3 Å². The predicted molar refractivity (Wildman–Crippen MR) is 81.9 cm³/mol.